The Balaban J connectivity index is 1.61. The van der Waals surface area contributed by atoms with Crippen molar-refractivity contribution in [3.63, 3.8) is 0 Å². The minimum atomic E-state index is -0.212. The molecular formula is C20H28N4O2S. The van der Waals surface area contributed by atoms with Gasteiger partial charge in [-0.05, 0) is 48.5 Å². The number of piperazine rings is 1. The number of ether oxygens (including phenoxy) is 1. The van der Waals surface area contributed by atoms with Crippen LogP contribution in [0.1, 0.15) is 18.5 Å². The van der Waals surface area contributed by atoms with E-state index in [0.717, 1.165) is 26.2 Å². The first kappa shape index (κ1) is 19.7. The fraction of sp³-hybridized carbons (Fsp3) is 0.450. The summed E-state index contributed by atoms with van der Waals surface area (Å²) < 4.78 is 5.57. The van der Waals surface area contributed by atoms with Crippen LogP contribution in [0.25, 0.3) is 0 Å². The Bertz CT molecular complexity index is 715. The summed E-state index contributed by atoms with van der Waals surface area (Å²) in [7, 11) is 2.15. The highest BCUT2D eigenvalue weighted by atomic mass is 32.1. The smallest absolute Gasteiger partial charge is 0.319 e. The number of anilines is 1. The van der Waals surface area contributed by atoms with E-state index in [1.165, 1.54) is 5.56 Å². The van der Waals surface area contributed by atoms with E-state index < -0.39 is 0 Å². The molecule has 1 aliphatic rings. The predicted octanol–water partition coefficient (Wildman–Crippen LogP) is 3.26. The first-order valence-corrected chi connectivity index (χ1v) is 10.3. The number of rotatable bonds is 7. The molecule has 2 N–H and O–H groups in total. The van der Waals surface area contributed by atoms with Gasteiger partial charge in [0.05, 0.1) is 18.3 Å². The zero-order valence-electron chi connectivity index (χ0n) is 16.0. The lowest BCUT2D eigenvalue weighted by Crippen LogP contribution is -2.48. The number of amides is 2. The third-order valence-corrected chi connectivity index (χ3v) is 5.50. The van der Waals surface area contributed by atoms with Gasteiger partial charge in [0.15, 0.2) is 0 Å². The van der Waals surface area contributed by atoms with Crippen molar-refractivity contribution in [2.45, 2.75) is 13.0 Å². The fourth-order valence-electron chi connectivity index (χ4n) is 3.26. The molecule has 2 aromatic rings. The maximum absolute atomic E-state index is 12.5. The standard InChI is InChI=1S/C20H28N4O2S/c1-3-26-19-7-5-4-6-17(19)22-20(25)21-14-18(16-8-13-27-15-16)24-11-9-23(2)10-12-24/h4-8,13,15,18H,3,9-12,14H2,1-2H3,(H2,21,22,25)/t18-/m0/s1. The summed E-state index contributed by atoms with van der Waals surface area (Å²) in [6, 6.07) is 9.62. The Hall–Kier alpha value is -2.09. The van der Waals surface area contributed by atoms with Gasteiger partial charge in [0.25, 0.3) is 0 Å². The van der Waals surface area contributed by atoms with Gasteiger partial charge in [0.2, 0.25) is 0 Å². The topological polar surface area (TPSA) is 56.8 Å². The van der Waals surface area contributed by atoms with Gasteiger partial charge in [-0.1, -0.05) is 12.1 Å². The van der Waals surface area contributed by atoms with Gasteiger partial charge in [-0.25, -0.2) is 4.79 Å². The molecule has 146 valence electrons. The minimum Gasteiger partial charge on any atom is -0.492 e. The van der Waals surface area contributed by atoms with Gasteiger partial charge in [0, 0.05) is 32.7 Å². The zero-order valence-corrected chi connectivity index (χ0v) is 16.8. The van der Waals surface area contributed by atoms with E-state index in [9.17, 15) is 4.79 Å². The quantitative estimate of drug-likeness (QED) is 0.764. The molecule has 1 aromatic heterocycles. The van der Waals surface area contributed by atoms with E-state index >= 15 is 0 Å². The number of para-hydroxylation sites is 2. The molecule has 2 amide bonds. The predicted molar refractivity (Wildman–Crippen MR) is 111 cm³/mol. The summed E-state index contributed by atoms with van der Waals surface area (Å²) >= 11 is 1.69. The Morgan fingerprint density at radius 1 is 1.22 bits per heavy atom. The number of nitrogens with one attached hydrogen (secondary N) is 2. The second kappa shape index (κ2) is 9.73. The third kappa shape index (κ3) is 5.45. The normalized spacial score (nSPS) is 16.7. The number of hydrogen-bond donors (Lipinski definition) is 2. The van der Waals surface area contributed by atoms with Crippen LogP contribution < -0.4 is 15.4 Å². The Kier molecular flexibility index (Phi) is 7.09. The number of carbonyl (C=O) groups excluding carboxylic acids is 1. The number of carbonyl (C=O) groups is 1. The molecule has 1 aromatic carbocycles. The molecule has 1 aliphatic heterocycles. The van der Waals surface area contributed by atoms with Gasteiger partial charge < -0.3 is 20.3 Å². The number of thiophene rings is 1. The van der Waals surface area contributed by atoms with Crippen LogP contribution in [-0.2, 0) is 0 Å². The van der Waals surface area contributed by atoms with Crippen LogP contribution in [0.3, 0.4) is 0 Å². The molecule has 0 unspecified atom stereocenters. The molecule has 2 heterocycles. The fourth-order valence-corrected chi connectivity index (χ4v) is 3.97. The summed E-state index contributed by atoms with van der Waals surface area (Å²) in [5.41, 5.74) is 1.95. The van der Waals surface area contributed by atoms with Crippen molar-refractivity contribution in [2.75, 3.05) is 51.7 Å². The van der Waals surface area contributed by atoms with Crippen molar-refractivity contribution in [2.24, 2.45) is 0 Å². The van der Waals surface area contributed by atoms with Crippen molar-refractivity contribution < 1.29 is 9.53 Å². The van der Waals surface area contributed by atoms with E-state index in [1.807, 2.05) is 31.2 Å². The Morgan fingerprint density at radius 2 is 2.00 bits per heavy atom. The van der Waals surface area contributed by atoms with Gasteiger partial charge >= 0.3 is 6.03 Å². The van der Waals surface area contributed by atoms with E-state index in [2.05, 4.69) is 44.3 Å². The largest absolute Gasteiger partial charge is 0.492 e. The van der Waals surface area contributed by atoms with E-state index in [1.54, 1.807) is 11.3 Å². The minimum absolute atomic E-state index is 0.192. The number of benzene rings is 1. The molecule has 3 rings (SSSR count). The summed E-state index contributed by atoms with van der Waals surface area (Å²) in [5.74, 6) is 0.684. The lowest BCUT2D eigenvalue weighted by Gasteiger charge is -2.38. The Labute approximate surface area is 165 Å². The van der Waals surface area contributed by atoms with Gasteiger partial charge in [0.1, 0.15) is 5.75 Å². The van der Waals surface area contributed by atoms with Crippen LogP contribution in [0, 0.1) is 0 Å². The molecule has 0 spiro atoms. The molecule has 0 bridgehead atoms. The lowest BCUT2D eigenvalue weighted by molar-refractivity contribution is 0.111. The molecule has 1 fully saturated rings. The number of likely N-dealkylation sites (N-methyl/N-ethyl adjacent to an activating group) is 1. The van der Waals surface area contributed by atoms with Crippen LogP contribution >= 0.6 is 11.3 Å². The summed E-state index contributed by atoms with van der Waals surface area (Å²) in [6.07, 6.45) is 0. The SMILES string of the molecule is CCOc1ccccc1NC(=O)NC[C@@H](c1ccsc1)N1CCN(C)CC1. The average molecular weight is 389 g/mol. The number of nitrogens with zero attached hydrogens (tertiary/aromatic N) is 2. The molecular weight excluding hydrogens is 360 g/mol. The molecule has 27 heavy (non-hydrogen) atoms. The molecule has 0 saturated carbocycles. The van der Waals surface area contributed by atoms with E-state index in [-0.39, 0.29) is 12.1 Å². The summed E-state index contributed by atoms with van der Waals surface area (Å²) in [4.78, 5) is 17.3. The molecule has 7 heteroatoms. The van der Waals surface area contributed by atoms with Crippen LogP contribution in [0.4, 0.5) is 10.5 Å². The second-order valence-electron chi connectivity index (χ2n) is 6.68. The Morgan fingerprint density at radius 3 is 2.70 bits per heavy atom. The third-order valence-electron chi connectivity index (χ3n) is 4.80. The highest BCUT2D eigenvalue weighted by molar-refractivity contribution is 7.07. The molecule has 1 saturated heterocycles. The van der Waals surface area contributed by atoms with Crippen molar-refractivity contribution in [1.29, 1.82) is 0 Å². The maximum atomic E-state index is 12.5. The number of hydrogen-bond acceptors (Lipinski definition) is 5. The van der Waals surface area contributed by atoms with Crippen molar-refractivity contribution in [1.82, 2.24) is 15.1 Å². The second-order valence-corrected chi connectivity index (χ2v) is 7.46. The van der Waals surface area contributed by atoms with E-state index in [0.29, 0.717) is 24.6 Å². The first-order valence-electron chi connectivity index (χ1n) is 9.38. The average Bonchev–Trinajstić information content (AvgIpc) is 3.19. The van der Waals surface area contributed by atoms with Crippen molar-refractivity contribution in [3.8, 4) is 5.75 Å². The summed E-state index contributed by atoms with van der Waals surface area (Å²) in [5, 5.41) is 10.2. The van der Waals surface area contributed by atoms with Crippen molar-refractivity contribution in [3.05, 3.63) is 46.7 Å². The monoisotopic (exact) mass is 388 g/mol. The summed E-state index contributed by atoms with van der Waals surface area (Å²) in [6.45, 7) is 7.18. The molecule has 0 radical (unpaired) electrons. The van der Waals surface area contributed by atoms with Crippen molar-refractivity contribution >= 4 is 23.1 Å². The van der Waals surface area contributed by atoms with Gasteiger partial charge in [-0.2, -0.15) is 11.3 Å². The molecule has 0 aliphatic carbocycles. The lowest BCUT2D eigenvalue weighted by atomic mass is 10.1. The molecule has 1 atom stereocenters. The first-order chi connectivity index (χ1) is 13.2. The van der Waals surface area contributed by atoms with Crippen LogP contribution in [0.2, 0.25) is 0 Å². The van der Waals surface area contributed by atoms with Crippen LogP contribution in [0.5, 0.6) is 5.75 Å². The van der Waals surface area contributed by atoms with E-state index in [4.69, 9.17) is 4.74 Å². The van der Waals surface area contributed by atoms with Gasteiger partial charge in [-0.15, -0.1) is 0 Å². The van der Waals surface area contributed by atoms with Gasteiger partial charge in [-0.3, -0.25) is 4.90 Å². The zero-order chi connectivity index (χ0) is 19.1. The van der Waals surface area contributed by atoms with Crippen LogP contribution in [0.15, 0.2) is 41.1 Å². The molecule has 6 nitrogen and oxygen atoms in total. The highest BCUT2D eigenvalue weighted by Crippen LogP contribution is 2.25. The maximum Gasteiger partial charge on any atom is 0.319 e. The number of urea groups is 1. The van der Waals surface area contributed by atoms with Crippen LogP contribution in [-0.4, -0.2) is 62.2 Å². The highest BCUT2D eigenvalue weighted by Gasteiger charge is 2.24.